The Morgan fingerprint density at radius 3 is 1.75 bits per heavy atom. The second kappa shape index (κ2) is 9.45. The van der Waals surface area contributed by atoms with Gasteiger partial charge in [0.1, 0.15) is 0 Å². The molecule has 3 heteroatoms. The molecule has 0 unspecified atom stereocenters. The van der Waals surface area contributed by atoms with Gasteiger partial charge in [-0.2, -0.15) is 0 Å². The van der Waals surface area contributed by atoms with E-state index in [0.29, 0.717) is 0 Å². The monoisotopic (exact) mass is 172 g/mol. The van der Waals surface area contributed by atoms with Gasteiger partial charge in [-0.15, -0.1) is 0 Å². The minimum absolute atomic E-state index is 0. The van der Waals surface area contributed by atoms with Crippen LogP contribution in [0.3, 0.4) is 0 Å². The first-order chi connectivity index (χ1) is 1.41. The van der Waals surface area contributed by atoms with Crippen LogP contribution in [0.4, 0.5) is 0 Å². The van der Waals surface area contributed by atoms with Gasteiger partial charge >= 0.3 is 27.3 Å². The Bertz CT molecular complexity index is 29.5. The Morgan fingerprint density at radius 2 is 1.75 bits per heavy atom. The van der Waals surface area contributed by atoms with Crippen molar-refractivity contribution in [1.29, 1.82) is 5.26 Å². The van der Waals surface area contributed by atoms with Crippen molar-refractivity contribution in [2.75, 3.05) is 0 Å². The molecule has 0 bridgehead atoms. The van der Waals surface area contributed by atoms with Crippen LogP contribution in [-0.2, 0) is 39.9 Å². The molecule has 0 spiro atoms. The Balaban J connectivity index is 0. The van der Waals surface area contributed by atoms with Gasteiger partial charge in [0.15, 0.2) is 0 Å². The summed E-state index contributed by atoms with van der Waals surface area (Å²) in [5.74, 6) is 0. The van der Waals surface area contributed by atoms with Crippen LogP contribution in [0.25, 0.3) is 0 Å². The van der Waals surface area contributed by atoms with Crippen LogP contribution in [0.5, 0.6) is 0 Å². The molecule has 1 nitrogen and oxygen atoms in total. The molecule has 0 saturated heterocycles. The van der Waals surface area contributed by atoms with Gasteiger partial charge < -0.3 is 12.6 Å². The average molecular weight is 170 g/mol. The summed E-state index contributed by atoms with van der Waals surface area (Å²) in [6.07, 6.45) is 0. The smallest absolute Gasteiger partial charge is 0.696 e. The zero-order valence-electron chi connectivity index (χ0n) is 2.06. The Labute approximate surface area is 50.6 Å². The number of rotatable bonds is 0. The molecule has 0 aliphatic heterocycles. The molecule has 0 heterocycles. The molecule has 0 radical (unpaired) electrons. The second-order valence-corrected chi connectivity index (χ2v) is 0.274. The minimum atomic E-state index is 0. The maximum atomic E-state index is 7.13. The molecule has 0 atom stereocenters. The zero-order valence-corrected chi connectivity index (χ0v) is 6.92. The number of nitriles is 1. The van der Waals surface area contributed by atoms with Crippen molar-refractivity contribution in [1.82, 2.24) is 0 Å². The van der Waals surface area contributed by atoms with Crippen LogP contribution in [-0.4, -0.2) is 0 Å². The predicted molar refractivity (Wildman–Crippen MR) is 13.0 cm³/mol. The molecule has 16 valence electrons. The van der Waals surface area contributed by atoms with E-state index in [-0.39, 0.29) is 27.3 Å². The molecule has 0 aliphatic rings. The topological polar surface area (TPSA) is 23.8 Å². The first kappa shape index (κ1) is 8.82. The molecule has 0 N–H and O–H groups in total. The molecule has 0 aromatic rings. The summed E-state index contributed by atoms with van der Waals surface area (Å²) in [6.45, 7) is 0. The largest absolute Gasteiger partial charge is 2.00 e. The summed E-state index contributed by atoms with van der Waals surface area (Å²) < 4.78 is 0. The van der Waals surface area contributed by atoms with E-state index in [0.717, 1.165) is 0 Å². The van der Waals surface area contributed by atoms with Crippen molar-refractivity contribution in [2.45, 2.75) is 0 Å². The first-order valence-corrected chi connectivity index (χ1v) is 0.836. The SMILES string of the molecule is N#C[S-].[Cd+2]. The van der Waals surface area contributed by atoms with Gasteiger partial charge in [-0.25, -0.2) is 5.26 Å². The third-order valence-electron chi connectivity index (χ3n) is 0. The molecule has 0 rings (SSSR count). The van der Waals surface area contributed by atoms with Crippen LogP contribution >= 0.6 is 0 Å². The van der Waals surface area contributed by atoms with E-state index in [2.05, 4.69) is 12.6 Å². The van der Waals surface area contributed by atoms with Gasteiger partial charge in [-0.05, 0) is 0 Å². The van der Waals surface area contributed by atoms with Crippen LogP contribution in [0.1, 0.15) is 0 Å². The van der Waals surface area contributed by atoms with E-state index in [1.807, 2.05) is 0 Å². The fourth-order valence-electron chi connectivity index (χ4n) is 0. The summed E-state index contributed by atoms with van der Waals surface area (Å²) in [4.78, 5) is 0. The number of hydrogen-bond donors (Lipinski definition) is 0. The van der Waals surface area contributed by atoms with Crippen molar-refractivity contribution in [2.24, 2.45) is 0 Å². The van der Waals surface area contributed by atoms with Gasteiger partial charge in [0.05, 0.1) is 0 Å². The summed E-state index contributed by atoms with van der Waals surface area (Å²) in [5.41, 5.74) is 0. The normalized spacial score (nSPS) is 1.75. The summed E-state index contributed by atoms with van der Waals surface area (Å²) in [7, 11) is 0. The van der Waals surface area contributed by atoms with E-state index in [9.17, 15) is 0 Å². The van der Waals surface area contributed by atoms with Crippen LogP contribution < -0.4 is 0 Å². The molecule has 0 aromatic carbocycles. The van der Waals surface area contributed by atoms with Gasteiger partial charge in [0.25, 0.3) is 0 Å². The predicted octanol–water partition coefficient (Wildman–Crippen LogP) is 0.0119. The van der Waals surface area contributed by atoms with Crippen molar-refractivity contribution >= 4 is 12.6 Å². The van der Waals surface area contributed by atoms with E-state index in [4.69, 9.17) is 5.26 Å². The third-order valence-corrected chi connectivity index (χ3v) is 0. The Morgan fingerprint density at radius 1 is 1.75 bits per heavy atom. The second-order valence-electron chi connectivity index (χ2n) is 0.0913. The maximum Gasteiger partial charge on any atom is 2.00 e. The Hall–Kier alpha value is 0.632. The molecule has 0 amide bonds. The minimum Gasteiger partial charge on any atom is -0.696 e. The third kappa shape index (κ3) is 17.5. The standard InChI is InChI=1S/CHNS.Cd/c2-1-3;/h3H;/q;+2/p-1. The van der Waals surface area contributed by atoms with E-state index < -0.39 is 0 Å². The molecule has 0 saturated carbocycles. The summed E-state index contributed by atoms with van der Waals surface area (Å²) in [5, 5.41) is 8.47. The van der Waals surface area contributed by atoms with E-state index in [1.54, 1.807) is 0 Å². The molecule has 0 aliphatic carbocycles. The number of hydrogen-bond acceptors (Lipinski definition) is 2. The van der Waals surface area contributed by atoms with Gasteiger partial charge in [-0.3, -0.25) is 0 Å². The van der Waals surface area contributed by atoms with Crippen LogP contribution in [0.2, 0.25) is 0 Å². The zero-order chi connectivity index (χ0) is 2.71. The quantitative estimate of drug-likeness (QED) is 0.291. The molecule has 0 fully saturated rings. The van der Waals surface area contributed by atoms with Crippen molar-refractivity contribution < 1.29 is 27.3 Å². The van der Waals surface area contributed by atoms with E-state index in [1.165, 1.54) is 5.40 Å². The van der Waals surface area contributed by atoms with Crippen molar-refractivity contribution in [3.63, 3.8) is 0 Å². The fourth-order valence-corrected chi connectivity index (χ4v) is 0. The van der Waals surface area contributed by atoms with Gasteiger partial charge in [-0.1, -0.05) is 5.40 Å². The fraction of sp³-hybridized carbons (Fsp3) is 0. The summed E-state index contributed by atoms with van der Waals surface area (Å²) in [6, 6.07) is 0. The first-order valence-electron chi connectivity index (χ1n) is 0.428. The van der Waals surface area contributed by atoms with Gasteiger partial charge in [0, 0.05) is 0 Å². The van der Waals surface area contributed by atoms with Crippen molar-refractivity contribution in [3.05, 3.63) is 0 Å². The van der Waals surface area contributed by atoms with Crippen molar-refractivity contribution in [3.8, 4) is 5.40 Å². The van der Waals surface area contributed by atoms with E-state index >= 15 is 0 Å². The van der Waals surface area contributed by atoms with Crippen LogP contribution in [0, 0.1) is 10.7 Å². The molecular formula is CCdNS+. The summed E-state index contributed by atoms with van der Waals surface area (Å²) >= 11 is 3.70. The molecule has 0 aromatic heterocycles. The van der Waals surface area contributed by atoms with Gasteiger partial charge in [0.2, 0.25) is 0 Å². The Kier molecular flexibility index (Phi) is 20.8. The number of nitrogens with zero attached hydrogens (tertiary/aromatic N) is 1. The number of thiocyanates is 1. The molecule has 4 heavy (non-hydrogen) atoms. The maximum absolute atomic E-state index is 7.13. The molecular weight excluding hydrogens is 170 g/mol. The van der Waals surface area contributed by atoms with Crippen LogP contribution in [0.15, 0.2) is 0 Å². The average Bonchev–Trinajstić information content (AvgIpc) is 0.918.